The van der Waals surface area contributed by atoms with E-state index in [2.05, 4.69) is 22.4 Å². The minimum absolute atomic E-state index is 0.0664. The van der Waals surface area contributed by atoms with Crippen LogP contribution in [0.4, 0.5) is 0 Å². The molecule has 2 aromatic rings. The molecule has 5 nitrogen and oxygen atoms in total. The lowest BCUT2D eigenvalue weighted by Crippen LogP contribution is -2.25. The minimum atomic E-state index is 0.0664. The lowest BCUT2D eigenvalue weighted by Gasteiger charge is -2.07. The van der Waals surface area contributed by atoms with Crippen molar-refractivity contribution in [2.24, 2.45) is 0 Å². The average Bonchev–Trinajstić information content (AvgIpc) is 3.14. The summed E-state index contributed by atoms with van der Waals surface area (Å²) in [7, 11) is 0. The molecule has 22 heavy (non-hydrogen) atoms. The maximum absolute atomic E-state index is 11.9. The van der Waals surface area contributed by atoms with Gasteiger partial charge in [-0.15, -0.1) is 11.3 Å². The predicted octanol–water partition coefficient (Wildman–Crippen LogP) is 3.76. The van der Waals surface area contributed by atoms with Crippen LogP contribution in [0.5, 0.6) is 0 Å². The molecular formula is C15H22N4OS2. The lowest BCUT2D eigenvalue weighted by molar-refractivity contribution is -0.121. The number of aromatic nitrogens is 3. The number of unbranched alkanes of at least 4 members (excludes halogenated alkanes) is 3. The van der Waals surface area contributed by atoms with Crippen LogP contribution >= 0.6 is 23.6 Å². The Hall–Kier alpha value is -1.47. The van der Waals surface area contributed by atoms with Crippen molar-refractivity contribution in [2.45, 2.75) is 45.6 Å². The number of H-pyrrole nitrogens is 1. The molecule has 0 bridgehead atoms. The topological polar surface area (TPSA) is 62.7 Å². The standard InChI is InChI=1S/C15H22N4OS2/c1-2-3-4-5-9-16-13(20)8-10-19-14(17-18-15(19)21)12-7-6-11-22-12/h6-7,11H,2-5,8-10H2,1H3,(H,16,20)(H,18,21). The Kier molecular flexibility index (Phi) is 6.79. The summed E-state index contributed by atoms with van der Waals surface area (Å²) in [6, 6.07) is 3.98. The highest BCUT2D eigenvalue weighted by Gasteiger charge is 2.11. The molecule has 0 radical (unpaired) electrons. The van der Waals surface area contributed by atoms with E-state index in [1.165, 1.54) is 19.3 Å². The van der Waals surface area contributed by atoms with Gasteiger partial charge in [-0.2, -0.15) is 5.10 Å². The van der Waals surface area contributed by atoms with Crippen molar-refractivity contribution in [1.29, 1.82) is 0 Å². The quantitative estimate of drug-likeness (QED) is 0.540. The lowest BCUT2D eigenvalue weighted by atomic mass is 10.2. The zero-order valence-corrected chi connectivity index (χ0v) is 14.4. The van der Waals surface area contributed by atoms with Gasteiger partial charge in [0.2, 0.25) is 5.91 Å². The summed E-state index contributed by atoms with van der Waals surface area (Å²) in [6.45, 7) is 3.48. The van der Waals surface area contributed by atoms with Crippen LogP contribution in [0.3, 0.4) is 0 Å². The summed E-state index contributed by atoms with van der Waals surface area (Å²) in [5.41, 5.74) is 0. The van der Waals surface area contributed by atoms with E-state index in [1.807, 2.05) is 22.1 Å². The molecule has 120 valence electrons. The normalized spacial score (nSPS) is 10.8. The summed E-state index contributed by atoms with van der Waals surface area (Å²) < 4.78 is 2.44. The largest absolute Gasteiger partial charge is 0.356 e. The van der Waals surface area contributed by atoms with Gasteiger partial charge in [-0.3, -0.25) is 14.5 Å². The number of rotatable bonds is 9. The van der Waals surface area contributed by atoms with Crippen molar-refractivity contribution in [1.82, 2.24) is 20.1 Å². The Balaban J connectivity index is 1.83. The van der Waals surface area contributed by atoms with Gasteiger partial charge in [0.25, 0.3) is 0 Å². The van der Waals surface area contributed by atoms with Crippen LogP contribution in [0.2, 0.25) is 0 Å². The third kappa shape index (κ3) is 4.78. The van der Waals surface area contributed by atoms with Gasteiger partial charge in [-0.05, 0) is 30.1 Å². The number of amides is 1. The van der Waals surface area contributed by atoms with E-state index >= 15 is 0 Å². The number of hydrogen-bond acceptors (Lipinski definition) is 4. The molecule has 2 heterocycles. The molecule has 2 rings (SSSR count). The van der Waals surface area contributed by atoms with Crippen molar-refractivity contribution in [2.75, 3.05) is 6.54 Å². The first-order valence-electron chi connectivity index (χ1n) is 7.68. The number of thiophene rings is 1. The number of carbonyl (C=O) groups is 1. The minimum Gasteiger partial charge on any atom is -0.356 e. The SMILES string of the molecule is CCCCCCNC(=O)CCn1c(-c2cccs2)n[nH]c1=S. The van der Waals surface area contributed by atoms with Crippen LogP contribution in [0, 0.1) is 4.77 Å². The maximum atomic E-state index is 11.9. The molecule has 2 aromatic heterocycles. The molecule has 7 heteroatoms. The molecule has 0 atom stereocenters. The summed E-state index contributed by atoms with van der Waals surface area (Å²) in [5, 5.41) is 12.0. The third-order valence-electron chi connectivity index (χ3n) is 3.41. The first-order valence-corrected chi connectivity index (χ1v) is 8.97. The Labute approximate surface area is 139 Å². The van der Waals surface area contributed by atoms with Crippen LogP contribution in [-0.2, 0) is 11.3 Å². The average molecular weight is 339 g/mol. The van der Waals surface area contributed by atoms with Gasteiger partial charge < -0.3 is 5.32 Å². The second-order valence-electron chi connectivity index (χ2n) is 5.14. The second kappa shape index (κ2) is 8.85. The number of hydrogen-bond donors (Lipinski definition) is 2. The van der Waals surface area contributed by atoms with Gasteiger partial charge in [-0.25, -0.2) is 0 Å². The zero-order chi connectivity index (χ0) is 15.8. The zero-order valence-electron chi connectivity index (χ0n) is 12.8. The highest BCUT2D eigenvalue weighted by atomic mass is 32.1. The molecule has 0 aliphatic rings. The molecule has 0 fully saturated rings. The van der Waals surface area contributed by atoms with Gasteiger partial charge in [0.05, 0.1) is 4.88 Å². The van der Waals surface area contributed by atoms with Crippen molar-refractivity contribution in [3.05, 3.63) is 22.3 Å². The molecule has 0 spiro atoms. The Morgan fingerprint density at radius 3 is 3.05 bits per heavy atom. The Morgan fingerprint density at radius 1 is 1.45 bits per heavy atom. The first-order chi connectivity index (χ1) is 10.7. The van der Waals surface area contributed by atoms with Crippen molar-refractivity contribution in [3.63, 3.8) is 0 Å². The molecule has 0 aliphatic carbocycles. The van der Waals surface area contributed by atoms with Crippen LogP contribution in [0.15, 0.2) is 17.5 Å². The van der Waals surface area contributed by atoms with Gasteiger partial charge in [0, 0.05) is 19.5 Å². The van der Waals surface area contributed by atoms with Gasteiger partial charge >= 0.3 is 0 Å². The van der Waals surface area contributed by atoms with Crippen molar-refractivity contribution >= 4 is 29.5 Å². The summed E-state index contributed by atoms with van der Waals surface area (Å²) in [4.78, 5) is 12.9. The monoisotopic (exact) mass is 338 g/mol. The highest BCUT2D eigenvalue weighted by molar-refractivity contribution is 7.71. The molecule has 1 amide bonds. The van der Waals surface area contributed by atoms with Crippen LogP contribution < -0.4 is 5.32 Å². The summed E-state index contributed by atoms with van der Waals surface area (Å²) >= 11 is 6.86. The summed E-state index contributed by atoms with van der Waals surface area (Å²) in [6.07, 6.45) is 5.07. The molecule has 0 saturated carbocycles. The molecule has 0 saturated heterocycles. The number of nitrogens with zero attached hydrogens (tertiary/aromatic N) is 2. The van der Waals surface area contributed by atoms with E-state index in [4.69, 9.17) is 12.2 Å². The Morgan fingerprint density at radius 2 is 2.32 bits per heavy atom. The van der Waals surface area contributed by atoms with Crippen LogP contribution in [0.1, 0.15) is 39.0 Å². The van der Waals surface area contributed by atoms with E-state index in [9.17, 15) is 4.79 Å². The van der Waals surface area contributed by atoms with Gasteiger partial charge in [-0.1, -0.05) is 32.3 Å². The van der Waals surface area contributed by atoms with E-state index in [1.54, 1.807) is 11.3 Å². The van der Waals surface area contributed by atoms with Crippen LogP contribution in [0.25, 0.3) is 10.7 Å². The van der Waals surface area contributed by atoms with E-state index in [0.29, 0.717) is 17.7 Å². The molecule has 0 aliphatic heterocycles. The Bertz CT molecular complexity index is 630. The third-order valence-corrected chi connectivity index (χ3v) is 4.59. The second-order valence-corrected chi connectivity index (χ2v) is 6.48. The summed E-state index contributed by atoms with van der Waals surface area (Å²) in [5.74, 6) is 0.868. The fourth-order valence-corrected chi connectivity index (χ4v) is 3.15. The fraction of sp³-hybridized carbons (Fsp3) is 0.533. The van der Waals surface area contributed by atoms with Crippen LogP contribution in [-0.4, -0.2) is 27.2 Å². The van der Waals surface area contributed by atoms with E-state index < -0.39 is 0 Å². The first kappa shape index (κ1) is 16.9. The highest BCUT2D eigenvalue weighted by Crippen LogP contribution is 2.22. The predicted molar refractivity (Wildman–Crippen MR) is 92.5 cm³/mol. The number of aromatic amines is 1. The van der Waals surface area contributed by atoms with Gasteiger partial charge in [0.1, 0.15) is 0 Å². The number of carbonyl (C=O) groups excluding carboxylic acids is 1. The van der Waals surface area contributed by atoms with E-state index in [-0.39, 0.29) is 5.91 Å². The number of nitrogens with one attached hydrogen (secondary N) is 2. The van der Waals surface area contributed by atoms with Crippen molar-refractivity contribution in [3.8, 4) is 10.7 Å². The fourth-order valence-electron chi connectivity index (χ4n) is 2.20. The smallest absolute Gasteiger partial charge is 0.221 e. The molecule has 0 aromatic carbocycles. The van der Waals surface area contributed by atoms with Gasteiger partial charge in [0.15, 0.2) is 10.6 Å². The molecule has 2 N–H and O–H groups in total. The van der Waals surface area contributed by atoms with Crippen molar-refractivity contribution < 1.29 is 4.79 Å². The maximum Gasteiger partial charge on any atom is 0.221 e. The molecule has 0 unspecified atom stereocenters. The van der Waals surface area contributed by atoms with E-state index in [0.717, 1.165) is 23.7 Å². The molecular weight excluding hydrogens is 316 g/mol.